The number of benzene rings is 2. The number of fused-ring (bicyclic) bond motifs is 1. The summed E-state index contributed by atoms with van der Waals surface area (Å²) in [5.41, 5.74) is 1.97. The highest BCUT2D eigenvalue weighted by molar-refractivity contribution is 5.89. The smallest absolute Gasteiger partial charge is 0.395 e. The SMILES string of the molecule is Cc1cc(C)c2[nH]c(=O)c(CN(CCO)C(=O)Nc3ccc(C(F)(F)F)cc3)cc2c1. The van der Waals surface area contributed by atoms with Crippen LogP contribution in [0, 0.1) is 13.8 Å². The first-order chi connectivity index (χ1) is 14.6. The molecule has 1 heterocycles. The number of H-pyrrole nitrogens is 1. The molecule has 0 fully saturated rings. The highest BCUT2D eigenvalue weighted by Crippen LogP contribution is 2.29. The molecule has 164 valence electrons. The number of nitrogens with zero attached hydrogens (tertiary/aromatic N) is 1. The predicted octanol–water partition coefficient (Wildman–Crippen LogP) is 4.19. The van der Waals surface area contributed by atoms with Crippen LogP contribution in [0.2, 0.25) is 0 Å². The summed E-state index contributed by atoms with van der Waals surface area (Å²) in [6, 6.07) is 8.94. The van der Waals surface area contributed by atoms with Crippen molar-refractivity contribution in [2.75, 3.05) is 18.5 Å². The molecular formula is C22H22F3N3O3. The first-order valence-electron chi connectivity index (χ1n) is 9.55. The van der Waals surface area contributed by atoms with Crippen molar-refractivity contribution in [3.05, 3.63) is 75.1 Å². The summed E-state index contributed by atoms with van der Waals surface area (Å²) in [4.78, 5) is 29.2. The number of rotatable bonds is 5. The Morgan fingerprint density at radius 2 is 1.81 bits per heavy atom. The van der Waals surface area contributed by atoms with Gasteiger partial charge in [0.25, 0.3) is 5.56 Å². The van der Waals surface area contributed by atoms with Gasteiger partial charge in [-0.05, 0) is 61.2 Å². The third-order valence-electron chi connectivity index (χ3n) is 4.85. The Balaban J connectivity index is 1.83. The number of amides is 2. The average molecular weight is 433 g/mol. The molecule has 2 amide bonds. The van der Waals surface area contributed by atoms with Gasteiger partial charge in [0.1, 0.15) is 0 Å². The lowest BCUT2D eigenvalue weighted by molar-refractivity contribution is -0.137. The van der Waals surface area contributed by atoms with Crippen LogP contribution in [-0.4, -0.2) is 34.2 Å². The van der Waals surface area contributed by atoms with Gasteiger partial charge in [-0.15, -0.1) is 0 Å². The van der Waals surface area contributed by atoms with Crippen molar-refractivity contribution < 1.29 is 23.1 Å². The van der Waals surface area contributed by atoms with Gasteiger partial charge in [-0.25, -0.2) is 4.79 Å². The second kappa shape index (κ2) is 8.81. The highest BCUT2D eigenvalue weighted by Gasteiger charge is 2.30. The second-order valence-corrected chi connectivity index (χ2v) is 7.32. The minimum atomic E-state index is -4.47. The Morgan fingerprint density at radius 3 is 2.42 bits per heavy atom. The molecule has 2 aromatic carbocycles. The van der Waals surface area contributed by atoms with Crippen LogP contribution < -0.4 is 10.9 Å². The lowest BCUT2D eigenvalue weighted by Crippen LogP contribution is -2.38. The molecule has 9 heteroatoms. The molecule has 0 atom stereocenters. The summed E-state index contributed by atoms with van der Waals surface area (Å²) in [5, 5.41) is 12.7. The van der Waals surface area contributed by atoms with E-state index in [9.17, 15) is 27.9 Å². The number of anilines is 1. The maximum Gasteiger partial charge on any atom is 0.416 e. The standard InChI is InChI=1S/C22H22F3N3O3/c1-13-9-14(2)19-15(10-13)11-16(20(30)27-19)12-28(7-8-29)21(31)26-18-5-3-17(4-6-18)22(23,24)25/h3-6,9-11,29H,7-8,12H2,1-2H3,(H,26,31)(H,27,30). The number of nitrogens with one attached hydrogen (secondary N) is 2. The normalized spacial score (nSPS) is 11.5. The number of carbonyl (C=O) groups excluding carboxylic acids is 1. The number of urea groups is 1. The van der Waals surface area contributed by atoms with E-state index in [1.54, 1.807) is 6.07 Å². The topological polar surface area (TPSA) is 85.4 Å². The number of hydrogen-bond acceptors (Lipinski definition) is 3. The van der Waals surface area contributed by atoms with Crippen LogP contribution in [0.5, 0.6) is 0 Å². The summed E-state index contributed by atoms with van der Waals surface area (Å²) < 4.78 is 38.1. The van der Waals surface area contributed by atoms with Crippen molar-refractivity contribution in [3.63, 3.8) is 0 Å². The van der Waals surface area contributed by atoms with Gasteiger partial charge in [-0.2, -0.15) is 13.2 Å². The number of pyridine rings is 1. The van der Waals surface area contributed by atoms with Crippen molar-refractivity contribution in [3.8, 4) is 0 Å². The molecule has 0 bridgehead atoms. The number of aromatic nitrogens is 1. The van der Waals surface area contributed by atoms with Gasteiger partial charge in [0.15, 0.2) is 0 Å². The van der Waals surface area contributed by atoms with Crippen molar-refractivity contribution in [1.29, 1.82) is 0 Å². The Kier molecular flexibility index (Phi) is 6.35. The van der Waals surface area contributed by atoms with E-state index in [1.807, 2.05) is 26.0 Å². The van der Waals surface area contributed by atoms with Crippen LogP contribution in [0.15, 0.2) is 47.3 Å². The van der Waals surface area contributed by atoms with E-state index in [0.717, 1.165) is 40.8 Å². The van der Waals surface area contributed by atoms with Gasteiger partial charge in [-0.1, -0.05) is 11.6 Å². The maximum absolute atomic E-state index is 12.7. The van der Waals surface area contributed by atoms with Crippen molar-refractivity contribution in [2.24, 2.45) is 0 Å². The number of aliphatic hydroxyl groups is 1. The van der Waals surface area contributed by atoms with Gasteiger partial charge in [0, 0.05) is 17.8 Å². The molecule has 0 aliphatic heterocycles. The number of aromatic amines is 1. The molecule has 1 aromatic heterocycles. The summed E-state index contributed by atoms with van der Waals surface area (Å²) in [6.45, 7) is 3.35. The van der Waals surface area contributed by atoms with Crippen molar-refractivity contribution in [2.45, 2.75) is 26.6 Å². The minimum absolute atomic E-state index is 0.0587. The molecule has 0 aliphatic carbocycles. The van der Waals surface area contributed by atoms with E-state index in [1.165, 1.54) is 4.90 Å². The molecule has 0 aliphatic rings. The maximum atomic E-state index is 12.7. The number of alkyl halides is 3. The number of halogens is 3. The van der Waals surface area contributed by atoms with Crippen LogP contribution in [-0.2, 0) is 12.7 Å². The third-order valence-corrected chi connectivity index (χ3v) is 4.85. The Labute approximate surface area is 176 Å². The number of hydrogen-bond donors (Lipinski definition) is 3. The molecule has 31 heavy (non-hydrogen) atoms. The fourth-order valence-electron chi connectivity index (χ4n) is 3.37. The number of aliphatic hydroxyl groups excluding tert-OH is 1. The number of aryl methyl sites for hydroxylation is 2. The van der Waals surface area contributed by atoms with Crippen LogP contribution in [0.4, 0.5) is 23.7 Å². The Bertz CT molecular complexity index is 1150. The molecule has 0 spiro atoms. The van der Waals surface area contributed by atoms with Crippen LogP contribution >= 0.6 is 0 Å². The summed E-state index contributed by atoms with van der Waals surface area (Å²) >= 11 is 0. The van der Waals surface area contributed by atoms with Crippen LogP contribution in [0.3, 0.4) is 0 Å². The second-order valence-electron chi connectivity index (χ2n) is 7.32. The van der Waals surface area contributed by atoms with Gasteiger partial charge < -0.3 is 20.3 Å². The highest BCUT2D eigenvalue weighted by atomic mass is 19.4. The van der Waals surface area contributed by atoms with Crippen LogP contribution in [0.1, 0.15) is 22.3 Å². The summed E-state index contributed by atoms with van der Waals surface area (Å²) in [7, 11) is 0. The largest absolute Gasteiger partial charge is 0.416 e. The third kappa shape index (κ3) is 5.24. The molecule has 3 aromatic rings. The summed E-state index contributed by atoms with van der Waals surface area (Å²) in [5.74, 6) is 0. The fourth-order valence-corrected chi connectivity index (χ4v) is 3.37. The molecule has 3 rings (SSSR count). The molecular weight excluding hydrogens is 411 g/mol. The minimum Gasteiger partial charge on any atom is -0.395 e. The predicted molar refractivity (Wildman–Crippen MR) is 112 cm³/mol. The van der Waals surface area contributed by atoms with E-state index < -0.39 is 17.8 Å². The first kappa shape index (κ1) is 22.4. The van der Waals surface area contributed by atoms with E-state index in [2.05, 4.69) is 10.3 Å². The van der Waals surface area contributed by atoms with Crippen LogP contribution in [0.25, 0.3) is 10.9 Å². The lowest BCUT2D eigenvalue weighted by Gasteiger charge is -2.22. The Morgan fingerprint density at radius 1 is 1.13 bits per heavy atom. The van der Waals surface area contributed by atoms with Crippen molar-refractivity contribution in [1.82, 2.24) is 9.88 Å². The lowest BCUT2D eigenvalue weighted by atomic mass is 10.1. The first-order valence-corrected chi connectivity index (χ1v) is 9.55. The Hall–Kier alpha value is -3.33. The van der Waals surface area contributed by atoms with E-state index in [4.69, 9.17) is 0 Å². The molecule has 3 N–H and O–H groups in total. The number of carbonyl (C=O) groups is 1. The molecule has 6 nitrogen and oxygen atoms in total. The van der Waals surface area contributed by atoms with Gasteiger partial charge in [0.2, 0.25) is 0 Å². The molecule has 0 saturated carbocycles. The van der Waals surface area contributed by atoms with Gasteiger partial charge in [0.05, 0.1) is 24.2 Å². The van der Waals surface area contributed by atoms with E-state index in [-0.39, 0.29) is 30.9 Å². The zero-order valence-electron chi connectivity index (χ0n) is 17.0. The zero-order chi connectivity index (χ0) is 22.8. The molecule has 0 radical (unpaired) electrons. The van der Waals surface area contributed by atoms with Gasteiger partial charge in [-0.3, -0.25) is 4.79 Å². The van der Waals surface area contributed by atoms with Crippen molar-refractivity contribution >= 4 is 22.6 Å². The average Bonchev–Trinajstić information content (AvgIpc) is 2.68. The fraction of sp³-hybridized carbons (Fsp3) is 0.273. The molecule has 0 unspecified atom stereocenters. The van der Waals surface area contributed by atoms with Gasteiger partial charge >= 0.3 is 12.2 Å². The van der Waals surface area contributed by atoms with E-state index >= 15 is 0 Å². The monoisotopic (exact) mass is 433 g/mol. The zero-order valence-corrected chi connectivity index (χ0v) is 17.0. The van der Waals surface area contributed by atoms with E-state index in [0.29, 0.717) is 11.1 Å². The summed E-state index contributed by atoms with van der Waals surface area (Å²) in [6.07, 6.45) is -4.47. The molecule has 0 saturated heterocycles. The quantitative estimate of drug-likeness (QED) is 0.564.